The summed E-state index contributed by atoms with van der Waals surface area (Å²) >= 11 is 1.76. The molecule has 2 aromatic rings. The third kappa shape index (κ3) is 7.11. The highest BCUT2D eigenvalue weighted by atomic mass is 32.1. The zero-order valence-corrected chi connectivity index (χ0v) is 18.4. The van der Waals surface area contributed by atoms with Gasteiger partial charge in [0.1, 0.15) is 0 Å². The van der Waals surface area contributed by atoms with Gasteiger partial charge in [0.2, 0.25) is 0 Å². The van der Waals surface area contributed by atoms with Gasteiger partial charge in [0.25, 0.3) is 5.69 Å². The van der Waals surface area contributed by atoms with E-state index in [0.717, 1.165) is 69.8 Å². The van der Waals surface area contributed by atoms with Gasteiger partial charge in [0.15, 0.2) is 5.96 Å². The second-order valence-electron chi connectivity index (χ2n) is 7.71. The van der Waals surface area contributed by atoms with Crippen LogP contribution in [-0.2, 0) is 13.0 Å². The summed E-state index contributed by atoms with van der Waals surface area (Å²) in [5, 5.41) is 22.1. The van der Waals surface area contributed by atoms with Gasteiger partial charge in [-0.2, -0.15) is 11.3 Å². The van der Waals surface area contributed by atoms with Crippen molar-refractivity contribution < 1.29 is 4.92 Å². The van der Waals surface area contributed by atoms with Gasteiger partial charge in [0.05, 0.1) is 4.92 Å². The minimum Gasteiger partial charge on any atom is -0.356 e. The van der Waals surface area contributed by atoms with Gasteiger partial charge in [-0.05, 0) is 60.1 Å². The molecule has 0 radical (unpaired) electrons. The summed E-state index contributed by atoms with van der Waals surface area (Å²) in [6, 6.07) is 9.52. The Balaban J connectivity index is 1.29. The summed E-state index contributed by atoms with van der Waals surface area (Å²) in [7, 11) is 1.82. The lowest BCUT2D eigenvalue weighted by Crippen LogP contribution is -2.48. The molecule has 0 amide bonds. The van der Waals surface area contributed by atoms with E-state index in [1.165, 1.54) is 5.56 Å². The van der Waals surface area contributed by atoms with Crippen LogP contribution in [0.4, 0.5) is 5.69 Å². The van der Waals surface area contributed by atoms with Crippen molar-refractivity contribution in [3.05, 3.63) is 62.3 Å². The summed E-state index contributed by atoms with van der Waals surface area (Å²) in [6.07, 6.45) is 5.24. The first-order valence-electron chi connectivity index (χ1n) is 10.6. The molecule has 0 saturated carbocycles. The highest BCUT2D eigenvalue weighted by Crippen LogP contribution is 2.16. The molecule has 1 fully saturated rings. The van der Waals surface area contributed by atoms with E-state index in [2.05, 4.69) is 37.4 Å². The van der Waals surface area contributed by atoms with Crippen LogP contribution < -0.4 is 10.6 Å². The molecule has 1 aliphatic heterocycles. The van der Waals surface area contributed by atoms with E-state index >= 15 is 0 Å². The number of aryl methyl sites for hydroxylation is 1. The number of non-ortho nitro benzene ring substituents is 1. The molecule has 8 heteroatoms. The molecule has 0 spiro atoms. The minimum absolute atomic E-state index is 0.146. The summed E-state index contributed by atoms with van der Waals surface area (Å²) in [5.74, 6) is 0.877. The first-order chi connectivity index (χ1) is 14.6. The number of unbranched alkanes of at least 4 members (excludes halogenated alkanes) is 1. The fourth-order valence-electron chi connectivity index (χ4n) is 3.71. The molecule has 162 valence electrons. The molecule has 2 heterocycles. The molecule has 1 aromatic heterocycles. The maximum absolute atomic E-state index is 10.7. The lowest BCUT2D eigenvalue weighted by Gasteiger charge is -2.32. The summed E-state index contributed by atoms with van der Waals surface area (Å²) in [5.41, 5.74) is 2.70. The van der Waals surface area contributed by atoms with Crippen LogP contribution in [-0.4, -0.2) is 48.5 Å². The van der Waals surface area contributed by atoms with E-state index in [0.29, 0.717) is 6.04 Å². The topological polar surface area (TPSA) is 82.8 Å². The zero-order valence-electron chi connectivity index (χ0n) is 17.5. The number of nitro groups is 1. The van der Waals surface area contributed by atoms with Gasteiger partial charge in [-0.25, -0.2) is 0 Å². The Morgan fingerprint density at radius 1 is 1.20 bits per heavy atom. The molecule has 0 bridgehead atoms. The molecular formula is C22H31N5O2S. The summed E-state index contributed by atoms with van der Waals surface area (Å²) in [4.78, 5) is 17.2. The zero-order chi connectivity index (χ0) is 21.2. The van der Waals surface area contributed by atoms with Crippen molar-refractivity contribution in [1.82, 2.24) is 15.5 Å². The second kappa shape index (κ2) is 11.7. The Bertz CT molecular complexity index is 799. The van der Waals surface area contributed by atoms with E-state index in [1.54, 1.807) is 23.5 Å². The summed E-state index contributed by atoms with van der Waals surface area (Å²) < 4.78 is 0. The predicted octanol–water partition coefficient (Wildman–Crippen LogP) is 3.81. The van der Waals surface area contributed by atoms with E-state index in [9.17, 15) is 10.1 Å². The number of guanidine groups is 1. The third-order valence-electron chi connectivity index (χ3n) is 5.47. The standard InChI is InChI=1S/C22H31N5O2S/c1-23-22(24-12-3-2-4-18-5-7-21(8-6-18)27(28)29)25-20-9-13-26(14-10-20)16-19-11-15-30-17-19/h5-8,11,15,17,20H,2-4,9-10,12-14,16H2,1H3,(H2,23,24,25). The lowest BCUT2D eigenvalue weighted by molar-refractivity contribution is -0.384. The molecular weight excluding hydrogens is 398 g/mol. The number of piperidine rings is 1. The molecule has 1 aliphatic rings. The highest BCUT2D eigenvalue weighted by molar-refractivity contribution is 7.07. The van der Waals surface area contributed by atoms with Gasteiger partial charge >= 0.3 is 0 Å². The van der Waals surface area contributed by atoms with E-state index in [1.807, 2.05) is 19.2 Å². The van der Waals surface area contributed by atoms with E-state index < -0.39 is 0 Å². The van der Waals surface area contributed by atoms with Crippen LogP contribution in [0.15, 0.2) is 46.1 Å². The van der Waals surface area contributed by atoms with Crippen molar-refractivity contribution in [3.8, 4) is 0 Å². The minimum atomic E-state index is -0.361. The lowest BCUT2D eigenvalue weighted by atomic mass is 10.0. The van der Waals surface area contributed by atoms with Crippen molar-refractivity contribution >= 4 is 23.0 Å². The average molecular weight is 430 g/mol. The predicted molar refractivity (Wildman–Crippen MR) is 123 cm³/mol. The number of nitro benzene ring substituents is 1. The van der Waals surface area contributed by atoms with Gasteiger partial charge in [-0.3, -0.25) is 20.0 Å². The van der Waals surface area contributed by atoms with Crippen LogP contribution in [0, 0.1) is 10.1 Å². The number of rotatable bonds is 9. The fourth-order valence-corrected chi connectivity index (χ4v) is 4.37. The van der Waals surface area contributed by atoms with Crippen molar-refractivity contribution in [2.75, 3.05) is 26.7 Å². The molecule has 3 rings (SSSR count). The number of benzene rings is 1. The van der Waals surface area contributed by atoms with Gasteiger partial charge in [-0.15, -0.1) is 0 Å². The number of thiophene rings is 1. The largest absolute Gasteiger partial charge is 0.356 e. The number of hydrogen-bond donors (Lipinski definition) is 2. The molecule has 2 N–H and O–H groups in total. The van der Waals surface area contributed by atoms with Crippen molar-refractivity contribution in [3.63, 3.8) is 0 Å². The average Bonchev–Trinajstić information content (AvgIpc) is 3.27. The highest BCUT2D eigenvalue weighted by Gasteiger charge is 2.20. The summed E-state index contributed by atoms with van der Waals surface area (Å²) in [6.45, 7) is 4.14. The smallest absolute Gasteiger partial charge is 0.269 e. The molecule has 1 saturated heterocycles. The quantitative estimate of drug-likeness (QED) is 0.208. The Hall–Kier alpha value is -2.45. The molecule has 0 aliphatic carbocycles. The van der Waals surface area contributed by atoms with Crippen LogP contribution in [0.1, 0.15) is 36.8 Å². The Labute approximate surface area is 182 Å². The first kappa shape index (κ1) is 22.2. The number of likely N-dealkylation sites (tertiary alicyclic amines) is 1. The van der Waals surface area contributed by atoms with Crippen LogP contribution in [0.5, 0.6) is 0 Å². The first-order valence-corrected chi connectivity index (χ1v) is 11.5. The van der Waals surface area contributed by atoms with E-state index in [-0.39, 0.29) is 10.6 Å². The Kier molecular flexibility index (Phi) is 8.65. The molecule has 1 aromatic carbocycles. The normalized spacial score (nSPS) is 15.8. The van der Waals surface area contributed by atoms with Gasteiger partial charge in [0, 0.05) is 51.4 Å². The van der Waals surface area contributed by atoms with Crippen molar-refractivity contribution in [2.45, 2.75) is 44.7 Å². The maximum Gasteiger partial charge on any atom is 0.269 e. The Morgan fingerprint density at radius 3 is 2.60 bits per heavy atom. The van der Waals surface area contributed by atoms with Crippen LogP contribution in [0.25, 0.3) is 0 Å². The molecule has 7 nitrogen and oxygen atoms in total. The number of hydrogen-bond acceptors (Lipinski definition) is 5. The SMILES string of the molecule is CN=C(NCCCCc1ccc([N+](=O)[O-])cc1)NC1CCN(Cc2ccsc2)CC1. The number of nitrogens with zero attached hydrogens (tertiary/aromatic N) is 3. The van der Waals surface area contributed by atoms with Crippen LogP contribution in [0.2, 0.25) is 0 Å². The number of nitrogens with one attached hydrogen (secondary N) is 2. The number of aliphatic imine (C=N–C) groups is 1. The van der Waals surface area contributed by atoms with E-state index in [4.69, 9.17) is 0 Å². The third-order valence-corrected chi connectivity index (χ3v) is 6.20. The Morgan fingerprint density at radius 2 is 1.97 bits per heavy atom. The monoisotopic (exact) mass is 429 g/mol. The van der Waals surface area contributed by atoms with Crippen molar-refractivity contribution in [1.29, 1.82) is 0 Å². The van der Waals surface area contributed by atoms with Gasteiger partial charge in [-0.1, -0.05) is 12.1 Å². The van der Waals surface area contributed by atoms with Crippen LogP contribution >= 0.6 is 11.3 Å². The van der Waals surface area contributed by atoms with Crippen molar-refractivity contribution in [2.24, 2.45) is 4.99 Å². The molecule has 30 heavy (non-hydrogen) atoms. The maximum atomic E-state index is 10.7. The molecule has 0 atom stereocenters. The second-order valence-corrected chi connectivity index (χ2v) is 8.49. The van der Waals surface area contributed by atoms with Gasteiger partial charge < -0.3 is 10.6 Å². The van der Waals surface area contributed by atoms with Crippen LogP contribution in [0.3, 0.4) is 0 Å². The fraction of sp³-hybridized carbons (Fsp3) is 0.500. The molecule has 0 unspecified atom stereocenters.